The predicted octanol–water partition coefficient (Wildman–Crippen LogP) is 5.51. The Morgan fingerprint density at radius 3 is 2.67 bits per heavy atom. The van der Waals surface area contributed by atoms with Crippen molar-refractivity contribution < 1.29 is 13.5 Å². The summed E-state index contributed by atoms with van der Waals surface area (Å²) < 4.78 is 34.3. The first-order valence-electron chi connectivity index (χ1n) is 9.54. The van der Waals surface area contributed by atoms with Crippen molar-refractivity contribution in [3.8, 4) is 17.3 Å². The van der Waals surface area contributed by atoms with Gasteiger partial charge in [-0.25, -0.2) is 0 Å². The number of alkyl halides is 2. The molecule has 0 aliphatic heterocycles. The number of nitrogens with zero attached hydrogens (tertiary/aromatic N) is 4. The maximum atomic E-state index is 14.6. The molecule has 172 valence electrons. The van der Waals surface area contributed by atoms with E-state index >= 15 is 0 Å². The van der Waals surface area contributed by atoms with Crippen molar-refractivity contribution in [1.29, 1.82) is 5.53 Å². The van der Waals surface area contributed by atoms with Crippen molar-refractivity contribution in [3.05, 3.63) is 69.7 Å². The standard InChI is InChI=1S/C21H19Cl2F2N7O/c1-33-20-29-17(13-3-2-4-14(9-13)21(24,25)19(26)31-32-27)11-18(30-20)28-8-7-12-5-6-15(22)10-16(12)23/h2-6,9-11H,7-8H2,1H3,(H3,26,27,31)(H,28,29,30). The highest BCUT2D eigenvalue weighted by atomic mass is 35.5. The Bertz CT molecular complexity index is 1190. The molecule has 3 rings (SSSR count). The molecular formula is C21H19Cl2F2N7O. The third kappa shape index (κ3) is 5.91. The molecule has 12 heteroatoms. The summed E-state index contributed by atoms with van der Waals surface area (Å²) in [6, 6.07) is 12.4. The van der Waals surface area contributed by atoms with Crippen LogP contribution in [0.15, 0.2) is 58.9 Å². The average Bonchev–Trinajstić information content (AvgIpc) is 2.80. The lowest BCUT2D eigenvalue weighted by atomic mass is 10.0. The summed E-state index contributed by atoms with van der Waals surface area (Å²) in [5.41, 5.74) is 13.1. The summed E-state index contributed by atoms with van der Waals surface area (Å²) in [5, 5.41) is 9.79. The largest absolute Gasteiger partial charge is 0.467 e. The summed E-state index contributed by atoms with van der Waals surface area (Å²) >= 11 is 12.1. The summed E-state index contributed by atoms with van der Waals surface area (Å²) in [7, 11) is 1.41. The van der Waals surface area contributed by atoms with E-state index in [-0.39, 0.29) is 6.01 Å². The number of nitrogens with one attached hydrogen (secondary N) is 2. The fourth-order valence-corrected chi connectivity index (χ4v) is 3.45. The molecule has 0 fully saturated rings. The Morgan fingerprint density at radius 2 is 1.97 bits per heavy atom. The van der Waals surface area contributed by atoms with Gasteiger partial charge in [-0.1, -0.05) is 52.7 Å². The van der Waals surface area contributed by atoms with E-state index in [1.807, 2.05) is 6.07 Å². The molecule has 0 amide bonds. The van der Waals surface area contributed by atoms with E-state index in [1.54, 1.807) is 24.3 Å². The van der Waals surface area contributed by atoms with Gasteiger partial charge in [0.05, 0.1) is 12.8 Å². The number of rotatable bonds is 9. The number of nitrogens with two attached hydrogens (primary N) is 1. The Labute approximate surface area is 198 Å². The Morgan fingerprint density at radius 1 is 1.18 bits per heavy atom. The maximum absolute atomic E-state index is 14.6. The van der Waals surface area contributed by atoms with Crippen LogP contribution in [0.3, 0.4) is 0 Å². The Kier molecular flexibility index (Phi) is 7.72. The van der Waals surface area contributed by atoms with Crippen molar-refractivity contribution in [2.24, 2.45) is 16.1 Å². The zero-order valence-electron chi connectivity index (χ0n) is 17.3. The number of hydrogen-bond donors (Lipinski definition) is 3. The third-order valence-corrected chi connectivity index (χ3v) is 5.19. The van der Waals surface area contributed by atoms with Gasteiger partial charge < -0.3 is 15.8 Å². The SMILES string of the molecule is COc1nc(NCCc2ccc(Cl)cc2Cl)cc(-c2cccc(C(F)(F)/C(N)=N/N=N)c2)n1. The second-order valence-electron chi connectivity index (χ2n) is 6.78. The van der Waals surface area contributed by atoms with E-state index in [2.05, 4.69) is 25.6 Å². The van der Waals surface area contributed by atoms with E-state index in [9.17, 15) is 8.78 Å². The van der Waals surface area contributed by atoms with Gasteiger partial charge in [-0.05, 0) is 30.2 Å². The molecule has 3 aromatic rings. The number of ether oxygens (including phenoxy) is 1. The zero-order valence-corrected chi connectivity index (χ0v) is 18.8. The van der Waals surface area contributed by atoms with Crippen LogP contribution in [0.2, 0.25) is 10.0 Å². The zero-order chi connectivity index (χ0) is 24.0. The molecule has 0 aliphatic carbocycles. The van der Waals surface area contributed by atoms with Crippen LogP contribution in [-0.4, -0.2) is 29.5 Å². The number of aromatic nitrogens is 2. The number of benzene rings is 2. The number of halogens is 4. The fourth-order valence-electron chi connectivity index (χ4n) is 2.94. The molecule has 0 unspecified atom stereocenters. The first kappa shape index (κ1) is 24.3. The summed E-state index contributed by atoms with van der Waals surface area (Å²) in [4.78, 5) is 8.50. The Hall–Kier alpha value is -3.37. The van der Waals surface area contributed by atoms with E-state index < -0.39 is 17.3 Å². The summed E-state index contributed by atoms with van der Waals surface area (Å²) in [6.45, 7) is 0.489. The molecule has 0 atom stereocenters. The highest BCUT2D eigenvalue weighted by Gasteiger charge is 2.37. The predicted molar refractivity (Wildman–Crippen MR) is 123 cm³/mol. The average molecular weight is 494 g/mol. The lowest BCUT2D eigenvalue weighted by Crippen LogP contribution is -2.33. The lowest BCUT2D eigenvalue weighted by Gasteiger charge is -2.16. The molecule has 0 spiro atoms. The normalized spacial score (nSPS) is 11.8. The number of methoxy groups -OCH3 is 1. The highest BCUT2D eigenvalue weighted by Crippen LogP contribution is 2.32. The minimum Gasteiger partial charge on any atom is -0.467 e. The highest BCUT2D eigenvalue weighted by molar-refractivity contribution is 6.35. The third-order valence-electron chi connectivity index (χ3n) is 4.60. The summed E-state index contributed by atoms with van der Waals surface area (Å²) in [6.07, 6.45) is 0.596. The van der Waals surface area contributed by atoms with Crippen molar-refractivity contribution in [2.75, 3.05) is 19.0 Å². The van der Waals surface area contributed by atoms with Gasteiger partial charge in [0.25, 0.3) is 0 Å². The molecule has 1 heterocycles. The second-order valence-corrected chi connectivity index (χ2v) is 7.62. The van der Waals surface area contributed by atoms with Crippen LogP contribution in [0.1, 0.15) is 11.1 Å². The molecule has 0 bridgehead atoms. The van der Waals surface area contributed by atoms with Gasteiger partial charge in [-0.15, -0.1) is 5.10 Å². The first-order chi connectivity index (χ1) is 15.7. The van der Waals surface area contributed by atoms with Gasteiger partial charge in [-0.2, -0.15) is 24.3 Å². The number of amidine groups is 1. The molecule has 4 N–H and O–H groups in total. The topological polar surface area (TPSA) is 122 Å². The molecule has 0 aliphatic rings. The molecular weight excluding hydrogens is 475 g/mol. The van der Waals surface area contributed by atoms with E-state index in [0.717, 1.165) is 5.56 Å². The quantitative estimate of drug-likeness (QED) is 0.157. The van der Waals surface area contributed by atoms with Crippen LogP contribution >= 0.6 is 23.2 Å². The molecule has 0 saturated heterocycles. The maximum Gasteiger partial charge on any atom is 0.331 e. The number of anilines is 1. The van der Waals surface area contributed by atoms with Crippen molar-refractivity contribution >= 4 is 34.9 Å². The first-order valence-corrected chi connectivity index (χ1v) is 10.3. The van der Waals surface area contributed by atoms with Crippen molar-refractivity contribution in [3.63, 3.8) is 0 Å². The smallest absolute Gasteiger partial charge is 0.331 e. The van der Waals surface area contributed by atoms with E-state index in [0.29, 0.717) is 40.1 Å². The van der Waals surface area contributed by atoms with E-state index in [1.165, 1.54) is 25.3 Å². The number of hydrogen-bond acceptors (Lipinski definition) is 6. The molecule has 0 saturated carbocycles. The van der Waals surface area contributed by atoms with Crippen LogP contribution in [0.4, 0.5) is 14.6 Å². The van der Waals surface area contributed by atoms with Crippen LogP contribution in [0.25, 0.3) is 11.3 Å². The monoisotopic (exact) mass is 493 g/mol. The van der Waals surface area contributed by atoms with Gasteiger partial charge in [0, 0.05) is 33.8 Å². The molecule has 8 nitrogen and oxygen atoms in total. The minimum absolute atomic E-state index is 0.0609. The fraction of sp³-hybridized carbons (Fsp3) is 0.190. The van der Waals surface area contributed by atoms with Crippen LogP contribution < -0.4 is 15.8 Å². The van der Waals surface area contributed by atoms with Gasteiger partial charge in [0.15, 0.2) is 5.84 Å². The second kappa shape index (κ2) is 10.5. The van der Waals surface area contributed by atoms with Crippen LogP contribution in [-0.2, 0) is 12.3 Å². The van der Waals surface area contributed by atoms with Gasteiger partial charge in [0.2, 0.25) is 0 Å². The molecule has 33 heavy (non-hydrogen) atoms. The lowest BCUT2D eigenvalue weighted by molar-refractivity contribution is 0.0741. The summed E-state index contributed by atoms with van der Waals surface area (Å²) in [5.74, 6) is -4.26. The van der Waals surface area contributed by atoms with Crippen LogP contribution in [0, 0.1) is 5.53 Å². The minimum atomic E-state index is -3.61. The van der Waals surface area contributed by atoms with Gasteiger partial charge in [-0.3, -0.25) is 0 Å². The molecule has 1 aromatic heterocycles. The van der Waals surface area contributed by atoms with Crippen molar-refractivity contribution in [2.45, 2.75) is 12.3 Å². The Balaban J connectivity index is 1.85. The van der Waals surface area contributed by atoms with Gasteiger partial charge >= 0.3 is 11.9 Å². The molecule has 2 aromatic carbocycles. The van der Waals surface area contributed by atoms with Gasteiger partial charge in [0.1, 0.15) is 5.82 Å². The van der Waals surface area contributed by atoms with Crippen molar-refractivity contribution in [1.82, 2.24) is 9.97 Å². The van der Waals surface area contributed by atoms with Crippen LogP contribution in [0.5, 0.6) is 6.01 Å². The van der Waals surface area contributed by atoms with E-state index in [4.69, 9.17) is 39.2 Å². The molecule has 0 radical (unpaired) electrons.